The summed E-state index contributed by atoms with van der Waals surface area (Å²) in [5.74, 6) is -2.30. The fourth-order valence-corrected chi connectivity index (χ4v) is 4.89. The fourth-order valence-electron chi connectivity index (χ4n) is 3.20. The average Bonchev–Trinajstić information content (AvgIpc) is 3.27. The van der Waals surface area contributed by atoms with Gasteiger partial charge in [-0.1, -0.05) is 47.4 Å². The number of carbonyl (C=O) groups excluding carboxylic acids is 2. The first kappa shape index (κ1) is 22.2. The first-order chi connectivity index (χ1) is 15.5. The maximum absolute atomic E-state index is 13.9. The lowest BCUT2D eigenvalue weighted by Gasteiger charge is -2.34. The highest BCUT2D eigenvalue weighted by atomic mass is 32.2. The van der Waals surface area contributed by atoms with Gasteiger partial charge in [-0.15, -0.1) is 10.2 Å². The molecule has 1 saturated heterocycles. The molecule has 1 aliphatic rings. The zero-order chi connectivity index (χ0) is 22.5. The number of aromatic nitrogens is 2. The number of nitrogens with one attached hydrogen (secondary N) is 1. The van der Waals surface area contributed by atoms with Crippen LogP contribution in [0.25, 0.3) is 0 Å². The molecule has 2 amide bonds. The minimum atomic E-state index is -0.862. The SMILES string of the molecule is O=C(CSc1nnc(N2CCN(C(=O)c3c(F)cccc3F)CC2)s1)Nc1ccccc1. The van der Waals surface area contributed by atoms with E-state index in [1.54, 1.807) is 0 Å². The fraction of sp³-hybridized carbons (Fsp3) is 0.238. The molecule has 0 bridgehead atoms. The molecule has 0 saturated carbocycles. The van der Waals surface area contributed by atoms with Gasteiger partial charge < -0.3 is 15.1 Å². The van der Waals surface area contributed by atoms with Crippen LogP contribution in [-0.2, 0) is 4.79 Å². The Kier molecular flexibility index (Phi) is 6.96. The van der Waals surface area contributed by atoms with Crippen LogP contribution in [0.4, 0.5) is 19.6 Å². The lowest BCUT2D eigenvalue weighted by atomic mass is 10.1. The zero-order valence-corrected chi connectivity index (χ0v) is 18.5. The molecule has 0 aliphatic carbocycles. The van der Waals surface area contributed by atoms with Gasteiger partial charge >= 0.3 is 0 Å². The maximum atomic E-state index is 13.9. The summed E-state index contributed by atoms with van der Waals surface area (Å²) in [7, 11) is 0. The summed E-state index contributed by atoms with van der Waals surface area (Å²) in [4.78, 5) is 28.0. The Balaban J connectivity index is 1.28. The van der Waals surface area contributed by atoms with Crippen molar-refractivity contribution in [3.8, 4) is 0 Å². The van der Waals surface area contributed by atoms with Crippen molar-refractivity contribution < 1.29 is 18.4 Å². The van der Waals surface area contributed by atoms with Crippen molar-refractivity contribution in [2.75, 3.05) is 42.1 Å². The van der Waals surface area contributed by atoms with Gasteiger partial charge in [0, 0.05) is 31.9 Å². The second kappa shape index (κ2) is 10.0. The largest absolute Gasteiger partial charge is 0.343 e. The number of anilines is 2. The number of amides is 2. The van der Waals surface area contributed by atoms with Crippen LogP contribution in [0.15, 0.2) is 52.9 Å². The molecule has 3 aromatic rings. The molecule has 0 unspecified atom stereocenters. The second-order valence-electron chi connectivity index (χ2n) is 6.93. The van der Waals surface area contributed by atoms with Crippen LogP contribution in [0.3, 0.4) is 0 Å². The predicted molar refractivity (Wildman–Crippen MR) is 120 cm³/mol. The van der Waals surface area contributed by atoms with Gasteiger partial charge in [-0.2, -0.15) is 0 Å². The Hall–Kier alpha value is -3.05. The van der Waals surface area contributed by atoms with Crippen molar-refractivity contribution in [3.63, 3.8) is 0 Å². The van der Waals surface area contributed by atoms with Crippen LogP contribution in [0.1, 0.15) is 10.4 Å². The third-order valence-corrected chi connectivity index (χ3v) is 6.91. The van der Waals surface area contributed by atoms with Gasteiger partial charge in [0.1, 0.15) is 17.2 Å². The van der Waals surface area contributed by atoms with E-state index in [2.05, 4.69) is 15.5 Å². The lowest BCUT2D eigenvalue weighted by molar-refractivity contribution is -0.113. The van der Waals surface area contributed by atoms with E-state index in [4.69, 9.17) is 0 Å². The van der Waals surface area contributed by atoms with Gasteiger partial charge in [-0.25, -0.2) is 8.78 Å². The number of nitrogens with zero attached hydrogens (tertiary/aromatic N) is 4. The van der Waals surface area contributed by atoms with E-state index in [0.29, 0.717) is 35.7 Å². The molecule has 166 valence electrons. The molecule has 1 aromatic heterocycles. The smallest absolute Gasteiger partial charge is 0.259 e. The highest BCUT2D eigenvalue weighted by molar-refractivity contribution is 8.01. The molecule has 0 radical (unpaired) electrons. The Morgan fingerprint density at radius 2 is 1.66 bits per heavy atom. The summed E-state index contributed by atoms with van der Waals surface area (Å²) in [6.45, 7) is 1.56. The molecule has 11 heteroatoms. The lowest BCUT2D eigenvalue weighted by Crippen LogP contribution is -2.49. The van der Waals surface area contributed by atoms with Gasteiger partial charge in [-0.05, 0) is 24.3 Å². The Bertz CT molecular complexity index is 1080. The molecule has 4 rings (SSSR count). The summed E-state index contributed by atoms with van der Waals surface area (Å²) in [6, 6.07) is 12.6. The number of hydrogen-bond donors (Lipinski definition) is 1. The van der Waals surface area contributed by atoms with Gasteiger partial charge in [0.25, 0.3) is 5.91 Å². The van der Waals surface area contributed by atoms with Crippen molar-refractivity contribution in [2.24, 2.45) is 0 Å². The number of carbonyl (C=O) groups is 2. The van der Waals surface area contributed by atoms with Gasteiger partial charge in [0.15, 0.2) is 4.34 Å². The number of para-hydroxylation sites is 1. The molecule has 1 fully saturated rings. The maximum Gasteiger partial charge on any atom is 0.259 e. The average molecular weight is 476 g/mol. The van der Waals surface area contributed by atoms with Crippen LogP contribution in [-0.4, -0.2) is 58.8 Å². The quantitative estimate of drug-likeness (QED) is 0.550. The topological polar surface area (TPSA) is 78.4 Å². The first-order valence-corrected chi connectivity index (χ1v) is 11.6. The van der Waals surface area contributed by atoms with Crippen molar-refractivity contribution in [1.29, 1.82) is 0 Å². The molecule has 7 nitrogen and oxygen atoms in total. The van der Waals surface area contributed by atoms with Crippen molar-refractivity contribution >= 4 is 45.7 Å². The highest BCUT2D eigenvalue weighted by Crippen LogP contribution is 2.29. The van der Waals surface area contributed by atoms with Crippen LogP contribution in [0.5, 0.6) is 0 Å². The Morgan fingerprint density at radius 3 is 2.34 bits per heavy atom. The molecule has 2 aromatic carbocycles. The molecule has 1 N–H and O–H groups in total. The minimum absolute atomic E-state index is 0.134. The van der Waals surface area contributed by atoms with E-state index >= 15 is 0 Å². The van der Waals surface area contributed by atoms with E-state index in [1.807, 2.05) is 35.2 Å². The molecule has 0 atom stereocenters. The summed E-state index contributed by atoms with van der Waals surface area (Å²) >= 11 is 2.66. The second-order valence-corrected chi connectivity index (χ2v) is 9.11. The normalized spacial score (nSPS) is 13.8. The van der Waals surface area contributed by atoms with Crippen molar-refractivity contribution in [3.05, 3.63) is 65.7 Å². The van der Waals surface area contributed by atoms with E-state index in [-0.39, 0.29) is 11.7 Å². The standard InChI is InChI=1S/C21H19F2N5O2S2/c22-15-7-4-8-16(23)18(15)19(30)27-9-11-28(12-10-27)20-25-26-21(32-20)31-13-17(29)24-14-5-2-1-3-6-14/h1-8H,9-13H2,(H,24,29). The predicted octanol–water partition coefficient (Wildman–Crippen LogP) is 3.51. The van der Waals surface area contributed by atoms with Crippen molar-refractivity contribution in [2.45, 2.75) is 4.34 Å². The minimum Gasteiger partial charge on any atom is -0.343 e. The van der Waals surface area contributed by atoms with E-state index in [1.165, 1.54) is 34.1 Å². The van der Waals surface area contributed by atoms with Gasteiger partial charge in [0.2, 0.25) is 11.0 Å². The summed E-state index contributed by atoms with van der Waals surface area (Å²) < 4.78 is 28.5. The van der Waals surface area contributed by atoms with E-state index in [9.17, 15) is 18.4 Å². The van der Waals surface area contributed by atoms with Crippen molar-refractivity contribution in [1.82, 2.24) is 15.1 Å². The number of halogens is 2. The van der Waals surface area contributed by atoms with Crippen LogP contribution in [0.2, 0.25) is 0 Å². The third-order valence-electron chi connectivity index (χ3n) is 4.79. The summed E-state index contributed by atoms with van der Waals surface area (Å²) in [6.07, 6.45) is 0. The number of thioether (sulfide) groups is 1. The molecule has 32 heavy (non-hydrogen) atoms. The summed E-state index contributed by atoms with van der Waals surface area (Å²) in [5.41, 5.74) is 0.211. The van der Waals surface area contributed by atoms with Crippen LogP contribution < -0.4 is 10.2 Å². The first-order valence-electron chi connectivity index (χ1n) is 9.80. The Labute approximate surface area is 191 Å². The molecule has 0 spiro atoms. The summed E-state index contributed by atoms with van der Waals surface area (Å²) in [5, 5.41) is 11.8. The number of piperazine rings is 1. The highest BCUT2D eigenvalue weighted by Gasteiger charge is 2.27. The third kappa shape index (κ3) is 5.22. The van der Waals surface area contributed by atoms with Gasteiger partial charge in [0.05, 0.1) is 5.75 Å². The number of hydrogen-bond acceptors (Lipinski definition) is 7. The van der Waals surface area contributed by atoms with Crippen LogP contribution in [0, 0.1) is 11.6 Å². The monoisotopic (exact) mass is 475 g/mol. The molecule has 2 heterocycles. The molecular formula is C21H19F2N5O2S2. The van der Waals surface area contributed by atoms with Gasteiger partial charge in [-0.3, -0.25) is 9.59 Å². The Morgan fingerprint density at radius 1 is 0.969 bits per heavy atom. The van der Waals surface area contributed by atoms with Crippen LogP contribution >= 0.6 is 23.1 Å². The molecule has 1 aliphatic heterocycles. The molecular weight excluding hydrogens is 456 g/mol. The number of rotatable bonds is 6. The zero-order valence-electron chi connectivity index (χ0n) is 16.8. The van der Waals surface area contributed by atoms with E-state index < -0.39 is 23.1 Å². The number of benzene rings is 2. The van der Waals surface area contributed by atoms with E-state index in [0.717, 1.165) is 17.8 Å².